The maximum atomic E-state index is 12.9. The molecule has 4 heterocycles. The highest BCUT2D eigenvalue weighted by atomic mass is 16.2. The van der Waals surface area contributed by atoms with E-state index in [2.05, 4.69) is 27.9 Å². The molecule has 2 fully saturated rings. The molecule has 4 rings (SSSR count). The van der Waals surface area contributed by atoms with E-state index in [0.717, 1.165) is 30.0 Å². The number of urea groups is 1. The maximum Gasteiger partial charge on any atom is 0.325 e. The lowest BCUT2D eigenvalue weighted by molar-refractivity contribution is 0.0746. The van der Waals surface area contributed by atoms with Crippen LogP contribution in [0.3, 0.4) is 0 Å². The standard InChI is InChI=1S/C22H28N6O2/c1-15-11-16(2)20(24-12-15)26-7-9-27(10-8-26)21(29)18-5-6-19(23-13-18)28-17(3)14-25(4)22(28)30/h5-6,11-13,17H,7-10,14H2,1-4H3. The summed E-state index contributed by atoms with van der Waals surface area (Å²) in [6.45, 7) is 9.56. The topological polar surface area (TPSA) is 72.9 Å². The second kappa shape index (κ2) is 7.93. The molecular formula is C22H28N6O2. The number of carbonyl (C=O) groups is 2. The molecule has 0 saturated carbocycles. The Morgan fingerprint density at radius 3 is 2.37 bits per heavy atom. The van der Waals surface area contributed by atoms with Crippen LogP contribution in [0.1, 0.15) is 28.4 Å². The number of rotatable bonds is 3. The van der Waals surface area contributed by atoms with Crippen LogP contribution in [-0.2, 0) is 0 Å². The molecule has 2 aromatic heterocycles. The summed E-state index contributed by atoms with van der Waals surface area (Å²) in [4.78, 5) is 41.6. The number of amides is 3. The largest absolute Gasteiger partial charge is 0.353 e. The third kappa shape index (κ3) is 3.69. The average Bonchev–Trinajstić information content (AvgIpc) is 2.99. The Hall–Kier alpha value is -3.16. The first-order valence-electron chi connectivity index (χ1n) is 10.3. The monoisotopic (exact) mass is 408 g/mol. The van der Waals surface area contributed by atoms with Crippen molar-refractivity contribution in [2.24, 2.45) is 0 Å². The summed E-state index contributed by atoms with van der Waals surface area (Å²) in [7, 11) is 1.78. The first-order chi connectivity index (χ1) is 14.3. The molecule has 158 valence electrons. The zero-order valence-electron chi connectivity index (χ0n) is 18.0. The van der Waals surface area contributed by atoms with Gasteiger partial charge in [-0.05, 0) is 44.0 Å². The van der Waals surface area contributed by atoms with Crippen molar-refractivity contribution >= 4 is 23.6 Å². The number of likely N-dealkylation sites (N-methyl/N-ethyl adjacent to an activating group) is 1. The van der Waals surface area contributed by atoms with Crippen molar-refractivity contribution in [1.82, 2.24) is 19.8 Å². The molecule has 1 atom stereocenters. The summed E-state index contributed by atoms with van der Waals surface area (Å²) in [5, 5.41) is 0. The molecule has 0 aliphatic carbocycles. The second-order valence-corrected chi connectivity index (χ2v) is 8.22. The highest BCUT2D eigenvalue weighted by molar-refractivity contribution is 5.96. The molecule has 2 aliphatic heterocycles. The van der Waals surface area contributed by atoms with Gasteiger partial charge in [-0.2, -0.15) is 0 Å². The second-order valence-electron chi connectivity index (χ2n) is 8.22. The number of hydrogen-bond acceptors (Lipinski definition) is 5. The van der Waals surface area contributed by atoms with Gasteiger partial charge in [0.2, 0.25) is 0 Å². The summed E-state index contributed by atoms with van der Waals surface area (Å²) in [6, 6.07) is 5.66. The number of aryl methyl sites for hydroxylation is 2. The number of pyridine rings is 2. The van der Waals surface area contributed by atoms with Crippen LogP contribution < -0.4 is 9.80 Å². The molecule has 2 aromatic rings. The SMILES string of the molecule is Cc1cnc(N2CCN(C(=O)c3ccc(N4C(=O)N(C)CC4C)nc3)CC2)c(C)c1. The van der Waals surface area contributed by atoms with Gasteiger partial charge >= 0.3 is 6.03 Å². The summed E-state index contributed by atoms with van der Waals surface area (Å²) in [5.74, 6) is 1.55. The van der Waals surface area contributed by atoms with E-state index >= 15 is 0 Å². The van der Waals surface area contributed by atoms with E-state index in [-0.39, 0.29) is 18.0 Å². The molecule has 0 radical (unpaired) electrons. The highest BCUT2D eigenvalue weighted by Gasteiger charge is 2.34. The van der Waals surface area contributed by atoms with Gasteiger partial charge in [0.15, 0.2) is 0 Å². The average molecular weight is 409 g/mol. The lowest BCUT2D eigenvalue weighted by atomic mass is 10.2. The van der Waals surface area contributed by atoms with Gasteiger partial charge in [-0.3, -0.25) is 9.69 Å². The number of piperazine rings is 1. The third-order valence-electron chi connectivity index (χ3n) is 5.81. The lowest BCUT2D eigenvalue weighted by Gasteiger charge is -2.36. The minimum absolute atomic E-state index is 0.0276. The van der Waals surface area contributed by atoms with Crippen LogP contribution in [0.15, 0.2) is 30.6 Å². The zero-order valence-corrected chi connectivity index (χ0v) is 18.0. The minimum Gasteiger partial charge on any atom is -0.353 e. The van der Waals surface area contributed by atoms with Gasteiger partial charge in [-0.1, -0.05) is 6.07 Å². The minimum atomic E-state index is -0.0646. The fourth-order valence-electron chi connectivity index (χ4n) is 4.25. The lowest BCUT2D eigenvalue weighted by Crippen LogP contribution is -2.49. The quantitative estimate of drug-likeness (QED) is 0.779. The van der Waals surface area contributed by atoms with Gasteiger partial charge in [0.05, 0.1) is 11.6 Å². The van der Waals surface area contributed by atoms with Crippen LogP contribution in [0.25, 0.3) is 0 Å². The smallest absolute Gasteiger partial charge is 0.325 e. The van der Waals surface area contributed by atoms with E-state index in [4.69, 9.17) is 0 Å². The van der Waals surface area contributed by atoms with Gasteiger partial charge in [0.25, 0.3) is 5.91 Å². The molecule has 2 aliphatic rings. The zero-order chi connectivity index (χ0) is 21.4. The van der Waals surface area contributed by atoms with Crippen LogP contribution >= 0.6 is 0 Å². The van der Waals surface area contributed by atoms with E-state index in [9.17, 15) is 9.59 Å². The molecule has 30 heavy (non-hydrogen) atoms. The molecule has 0 bridgehead atoms. The summed E-state index contributed by atoms with van der Waals surface area (Å²) in [5.41, 5.74) is 2.85. The molecule has 0 N–H and O–H groups in total. The van der Waals surface area contributed by atoms with Gasteiger partial charge in [-0.25, -0.2) is 14.8 Å². The predicted octanol–water partition coefficient (Wildman–Crippen LogP) is 2.32. The molecule has 8 heteroatoms. The summed E-state index contributed by atoms with van der Waals surface area (Å²) < 4.78 is 0. The highest BCUT2D eigenvalue weighted by Crippen LogP contribution is 2.23. The van der Waals surface area contributed by atoms with Gasteiger partial charge in [0.1, 0.15) is 11.6 Å². The van der Waals surface area contributed by atoms with Gasteiger partial charge in [0, 0.05) is 52.2 Å². The Bertz CT molecular complexity index is 953. The van der Waals surface area contributed by atoms with E-state index in [0.29, 0.717) is 31.0 Å². The molecule has 0 aromatic carbocycles. The Kier molecular flexibility index (Phi) is 5.32. The van der Waals surface area contributed by atoms with E-state index < -0.39 is 0 Å². The van der Waals surface area contributed by atoms with Crippen LogP contribution in [0.4, 0.5) is 16.4 Å². The van der Waals surface area contributed by atoms with Gasteiger partial charge < -0.3 is 14.7 Å². The molecule has 2 saturated heterocycles. The van der Waals surface area contributed by atoms with Gasteiger partial charge in [-0.15, -0.1) is 0 Å². The molecule has 0 spiro atoms. The van der Waals surface area contributed by atoms with Crippen LogP contribution in [0.2, 0.25) is 0 Å². The number of nitrogens with zero attached hydrogens (tertiary/aromatic N) is 6. The van der Waals surface area contributed by atoms with Crippen molar-refractivity contribution in [2.75, 3.05) is 49.6 Å². The number of anilines is 2. The van der Waals surface area contributed by atoms with Crippen LogP contribution in [0.5, 0.6) is 0 Å². The summed E-state index contributed by atoms with van der Waals surface area (Å²) in [6.07, 6.45) is 3.46. The van der Waals surface area contributed by atoms with E-state index in [1.54, 1.807) is 35.2 Å². The first kappa shape index (κ1) is 20.1. The first-order valence-corrected chi connectivity index (χ1v) is 10.3. The number of carbonyl (C=O) groups excluding carboxylic acids is 2. The predicted molar refractivity (Wildman–Crippen MR) is 116 cm³/mol. The summed E-state index contributed by atoms with van der Waals surface area (Å²) >= 11 is 0. The fourth-order valence-corrected chi connectivity index (χ4v) is 4.25. The van der Waals surface area contributed by atoms with Crippen molar-refractivity contribution in [3.05, 3.63) is 47.3 Å². The van der Waals surface area contributed by atoms with Crippen molar-refractivity contribution in [3.8, 4) is 0 Å². The van der Waals surface area contributed by atoms with Crippen molar-refractivity contribution < 1.29 is 9.59 Å². The van der Waals surface area contributed by atoms with Crippen molar-refractivity contribution in [2.45, 2.75) is 26.8 Å². The van der Waals surface area contributed by atoms with E-state index in [1.165, 1.54) is 0 Å². The van der Waals surface area contributed by atoms with E-state index in [1.807, 2.05) is 24.9 Å². The van der Waals surface area contributed by atoms with Crippen LogP contribution in [0, 0.1) is 13.8 Å². The normalized spacial score (nSPS) is 19.6. The fraction of sp³-hybridized carbons (Fsp3) is 0.455. The Morgan fingerprint density at radius 2 is 1.80 bits per heavy atom. The Morgan fingerprint density at radius 1 is 1.07 bits per heavy atom. The molecule has 8 nitrogen and oxygen atoms in total. The third-order valence-corrected chi connectivity index (χ3v) is 5.81. The molecular weight excluding hydrogens is 380 g/mol. The van der Waals surface area contributed by atoms with Crippen molar-refractivity contribution in [3.63, 3.8) is 0 Å². The van der Waals surface area contributed by atoms with Crippen molar-refractivity contribution in [1.29, 1.82) is 0 Å². The molecule has 1 unspecified atom stereocenters. The number of hydrogen-bond donors (Lipinski definition) is 0. The Labute approximate surface area is 177 Å². The maximum absolute atomic E-state index is 12.9. The Balaban J connectivity index is 1.40. The number of aromatic nitrogens is 2. The van der Waals surface area contributed by atoms with Crippen LogP contribution in [-0.4, -0.2) is 77.5 Å². The molecule has 3 amide bonds.